The van der Waals surface area contributed by atoms with E-state index < -0.39 is 0 Å². The summed E-state index contributed by atoms with van der Waals surface area (Å²) < 4.78 is 8.01. The van der Waals surface area contributed by atoms with Crippen LogP contribution >= 0.6 is 22.9 Å². The monoisotopic (exact) mass is 584 g/mol. The first-order valence-electron chi connectivity index (χ1n) is 13.2. The Morgan fingerprint density at radius 2 is 1.65 bits per heavy atom. The molecule has 0 unspecified atom stereocenters. The predicted molar refractivity (Wildman–Crippen MR) is 159 cm³/mol. The van der Waals surface area contributed by atoms with Crippen LogP contribution in [0.15, 0.2) is 29.3 Å². The van der Waals surface area contributed by atoms with E-state index in [2.05, 4.69) is 34.7 Å². The maximum Gasteiger partial charge on any atom is 0.261 e. The minimum absolute atomic E-state index is 0.0560. The summed E-state index contributed by atoms with van der Waals surface area (Å²) in [5, 5.41) is 16.1. The van der Waals surface area contributed by atoms with Crippen LogP contribution in [-0.4, -0.2) is 58.6 Å². The smallest absolute Gasteiger partial charge is 0.261 e. The van der Waals surface area contributed by atoms with Gasteiger partial charge in [0.2, 0.25) is 5.91 Å². The molecule has 2 aromatic heterocycles. The maximum absolute atomic E-state index is 13.5. The van der Waals surface area contributed by atoms with E-state index in [-0.39, 0.29) is 22.6 Å². The molecule has 2 amide bonds. The minimum atomic E-state index is -0.296. The zero-order chi connectivity index (χ0) is 29.2. The fourth-order valence-electron chi connectivity index (χ4n) is 4.47. The normalized spacial score (nSPS) is 13.2. The summed E-state index contributed by atoms with van der Waals surface area (Å²) >= 11 is 7.57. The lowest BCUT2D eigenvalue weighted by molar-refractivity contribution is -0.119. The number of benzene rings is 1. The Balaban J connectivity index is 1.52. The van der Waals surface area contributed by atoms with Gasteiger partial charge in [-0.05, 0) is 31.5 Å². The highest BCUT2D eigenvalue weighted by molar-refractivity contribution is 7.17. The van der Waals surface area contributed by atoms with Crippen molar-refractivity contribution in [2.75, 3.05) is 26.3 Å². The predicted octanol–water partition coefficient (Wildman–Crippen LogP) is 4.88. The third-order valence-electron chi connectivity index (χ3n) is 6.69. The number of nitrogens with zero attached hydrogens (tertiary/aromatic N) is 4. The van der Waals surface area contributed by atoms with Gasteiger partial charge in [0.1, 0.15) is 17.4 Å². The molecule has 214 valence electrons. The first-order chi connectivity index (χ1) is 18.8. The average molecular weight is 585 g/mol. The molecule has 0 fully saturated rings. The zero-order valence-corrected chi connectivity index (χ0v) is 25.7. The van der Waals surface area contributed by atoms with Crippen LogP contribution in [0.1, 0.15) is 72.6 Å². The Hall–Kier alpha value is -3.08. The third-order valence-corrected chi connectivity index (χ3v) is 8.22. The number of carbonyl (C=O) groups is 2. The van der Waals surface area contributed by atoms with Gasteiger partial charge in [0.05, 0.1) is 23.8 Å². The number of aryl methyl sites for hydroxylation is 1. The first kappa shape index (κ1) is 29.9. The topological polar surface area (TPSA) is 110 Å². The molecule has 9 nitrogen and oxygen atoms in total. The lowest BCUT2D eigenvalue weighted by Crippen LogP contribution is -2.39. The summed E-state index contributed by atoms with van der Waals surface area (Å²) in [6, 6.07) is 7.58. The quantitative estimate of drug-likeness (QED) is 0.353. The number of nitrogens with one attached hydrogen (secondary N) is 2. The fraction of sp³-hybridized carbons (Fsp3) is 0.483. The van der Waals surface area contributed by atoms with Crippen LogP contribution < -0.4 is 10.6 Å². The van der Waals surface area contributed by atoms with Gasteiger partial charge >= 0.3 is 0 Å². The average Bonchev–Trinajstić information content (AvgIpc) is 3.36. The molecule has 11 heteroatoms. The van der Waals surface area contributed by atoms with Crippen LogP contribution in [0.5, 0.6) is 0 Å². The first-order valence-corrected chi connectivity index (χ1v) is 14.4. The molecule has 1 aliphatic heterocycles. The highest BCUT2D eigenvalue weighted by atomic mass is 35.5. The molecule has 40 heavy (non-hydrogen) atoms. The molecule has 3 heterocycles. The number of hydrogen-bond acceptors (Lipinski definition) is 7. The summed E-state index contributed by atoms with van der Waals surface area (Å²) in [6.45, 7) is 15.9. The molecule has 0 bridgehead atoms. The third kappa shape index (κ3) is 6.79. The second-order valence-corrected chi connectivity index (χ2v) is 13.3. The van der Waals surface area contributed by atoms with Crippen molar-refractivity contribution < 1.29 is 14.3 Å². The number of rotatable bonds is 10. The summed E-state index contributed by atoms with van der Waals surface area (Å²) in [7, 11) is 0. The van der Waals surface area contributed by atoms with Gasteiger partial charge in [0, 0.05) is 47.0 Å². The molecule has 4 rings (SSSR count). The number of thiophene rings is 1. The molecule has 0 saturated heterocycles. The standard InChI is InChI=1S/C29H37ClN6O3S/c1-17-23-24(20-8-10-21(30)11-9-20)31-12-22-35-34-18(2)36(22)27(23)40-25(17)26(38)33-14-29(6,7)16-39-15-28(4,5)13-32-19(3)37/h8-11H,12-16H2,1-7H3,(H,32,37)(H,33,38). The minimum Gasteiger partial charge on any atom is -0.380 e. The second kappa shape index (κ2) is 11.8. The van der Waals surface area contributed by atoms with Crippen molar-refractivity contribution in [2.24, 2.45) is 15.8 Å². The number of halogens is 1. The van der Waals surface area contributed by atoms with Crippen molar-refractivity contribution >= 4 is 40.5 Å². The van der Waals surface area contributed by atoms with Crippen molar-refractivity contribution in [1.82, 2.24) is 25.4 Å². The Morgan fingerprint density at radius 1 is 1.02 bits per heavy atom. The highest BCUT2D eigenvalue weighted by Crippen LogP contribution is 2.37. The molecule has 0 aliphatic carbocycles. The zero-order valence-electron chi connectivity index (χ0n) is 24.1. The lowest BCUT2D eigenvalue weighted by atomic mass is 9.93. The number of amides is 2. The SMILES string of the molecule is CC(=O)NCC(C)(C)COCC(C)(C)CNC(=O)c1sc2c(c1C)C(c1ccc(Cl)cc1)=NCc1nnc(C)n1-2. The van der Waals surface area contributed by atoms with E-state index in [1.54, 1.807) is 0 Å². The highest BCUT2D eigenvalue weighted by Gasteiger charge is 2.30. The van der Waals surface area contributed by atoms with Crippen molar-refractivity contribution in [3.05, 3.63) is 62.5 Å². The van der Waals surface area contributed by atoms with E-state index in [1.165, 1.54) is 18.3 Å². The Labute approximate surface area is 244 Å². The molecule has 2 N–H and O–H groups in total. The molecular formula is C29H37ClN6O3S. The van der Waals surface area contributed by atoms with Crippen molar-refractivity contribution in [1.29, 1.82) is 0 Å². The van der Waals surface area contributed by atoms with Crippen LogP contribution in [0.2, 0.25) is 5.02 Å². The number of aromatic nitrogens is 3. The number of carbonyl (C=O) groups excluding carboxylic acids is 2. The Morgan fingerprint density at radius 3 is 2.27 bits per heavy atom. The van der Waals surface area contributed by atoms with Gasteiger partial charge < -0.3 is 15.4 Å². The van der Waals surface area contributed by atoms with Crippen LogP contribution in [0.25, 0.3) is 5.00 Å². The summed E-state index contributed by atoms with van der Waals surface area (Å²) in [5.74, 6) is 1.28. The molecule has 3 aromatic rings. The largest absolute Gasteiger partial charge is 0.380 e. The maximum atomic E-state index is 13.5. The summed E-state index contributed by atoms with van der Waals surface area (Å²) in [5.41, 5.74) is 3.01. The van der Waals surface area contributed by atoms with Crippen LogP contribution in [0.3, 0.4) is 0 Å². The van der Waals surface area contributed by atoms with Gasteiger partial charge in [-0.15, -0.1) is 21.5 Å². The number of ether oxygens (including phenoxy) is 1. The van der Waals surface area contributed by atoms with Gasteiger partial charge in [0.15, 0.2) is 5.82 Å². The molecule has 0 spiro atoms. The molecule has 1 aromatic carbocycles. The van der Waals surface area contributed by atoms with Gasteiger partial charge in [-0.1, -0.05) is 51.4 Å². The van der Waals surface area contributed by atoms with Gasteiger partial charge in [-0.3, -0.25) is 19.1 Å². The van der Waals surface area contributed by atoms with Crippen LogP contribution in [0.4, 0.5) is 0 Å². The van der Waals surface area contributed by atoms with E-state index in [0.717, 1.165) is 39.1 Å². The van der Waals surface area contributed by atoms with E-state index in [0.29, 0.717) is 42.7 Å². The van der Waals surface area contributed by atoms with Gasteiger partial charge in [-0.25, -0.2) is 0 Å². The van der Waals surface area contributed by atoms with Crippen LogP contribution in [-0.2, 0) is 16.1 Å². The van der Waals surface area contributed by atoms with Crippen molar-refractivity contribution in [2.45, 2.75) is 55.0 Å². The van der Waals surface area contributed by atoms with Gasteiger partial charge in [0.25, 0.3) is 5.91 Å². The fourth-order valence-corrected chi connectivity index (χ4v) is 5.89. The Kier molecular flexibility index (Phi) is 8.82. The van der Waals surface area contributed by atoms with E-state index in [1.807, 2.05) is 56.5 Å². The molecule has 1 aliphatic rings. The van der Waals surface area contributed by atoms with E-state index >= 15 is 0 Å². The summed E-state index contributed by atoms with van der Waals surface area (Å²) in [4.78, 5) is 30.3. The van der Waals surface area contributed by atoms with Crippen molar-refractivity contribution in [3.63, 3.8) is 0 Å². The molecule has 0 radical (unpaired) electrons. The van der Waals surface area contributed by atoms with E-state index in [4.69, 9.17) is 21.3 Å². The molecule has 0 saturated carbocycles. The number of fused-ring (bicyclic) bond motifs is 3. The number of aliphatic imine (C=N–C) groups is 1. The molecular weight excluding hydrogens is 548 g/mol. The van der Waals surface area contributed by atoms with Crippen molar-refractivity contribution in [3.8, 4) is 5.00 Å². The molecule has 0 atom stereocenters. The lowest BCUT2D eigenvalue weighted by Gasteiger charge is -2.29. The summed E-state index contributed by atoms with van der Waals surface area (Å²) in [6.07, 6.45) is 0. The second-order valence-electron chi connectivity index (χ2n) is 11.8. The Bertz CT molecular complexity index is 1440. The van der Waals surface area contributed by atoms with E-state index in [9.17, 15) is 9.59 Å². The van der Waals surface area contributed by atoms with Gasteiger partial charge in [-0.2, -0.15) is 0 Å². The number of hydrogen-bond donors (Lipinski definition) is 2. The van der Waals surface area contributed by atoms with Crippen LogP contribution in [0, 0.1) is 24.7 Å².